The maximum atomic E-state index is 12.2. The first-order valence-electron chi connectivity index (χ1n) is 11.1. The van der Waals surface area contributed by atoms with Gasteiger partial charge in [-0.3, -0.25) is 0 Å². The molecule has 0 fully saturated rings. The first-order valence-corrected chi connectivity index (χ1v) is 12.4. The monoisotopic (exact) mass is 558 g/mol. The molecule has 3 aromatic rings. The van der Waals surface area contributed by atoms with Crippen molar-refractivity contribution in [2.75, 3.05) is 27.4 Å². The van der Waals surface area contributed by atoms with Crippen LogP contribution in [0, 0.1) is 11.8 Å². The topological polar surface area (TPSA) is 96.8 Å². The standard InChI is InChI=1S/C24H28N2O6.CHCl3/c1-13(2)11-31-21-9-19(23(27)29-5)25-17-8-18-16(7-15(17)21)22(32-12-14(3)4)10-20(26-18)24(28)30-6;2-1(3)4/h7-10,13-14H,11-12H2,1-6H3;1H. The summed E-state index contributed by atoms with van der Waals surface area (Å²) in [6.45, 7) is 9.08. The number of ether oxygens (including phenoxy) is 4. The van der Waals surface area contributed by atoms with Gasteiger partial charge in [-0.25, -0.2) is 19.6 Å². The lowest BCUT2D eigenvalue weighted by molar-refractivity contribution is 0.0585. The third-order valence-corrected chi connectivity index (χ3v) is 4.60. The number of nitrogens with zero attached hydrogens (tertiary/aromatic N) is 2. The van der Waals surface area contributed by atoms with Crippen LogP contribution in [0.3, 0.4) is 0 Å². The van der Waals surface area contributed by atoms with Crippen molar-refractivity contribution >= 4 is 68.5 Å². The van der Waals surface area contributed by atoms with Crippen molar-refractivity contribution in [2.24, 2.45) is 11.8 Å². The average Bonchev–Trinajstić information content (AvgIpc) is 2.82. The average molecular weight is 560 g/mol. The molecule has 0 aliphatic carbocycles. The molecule has 0 bridgehead atoms. The summed E-state index contributed by atoms with van der Waals surface area (Å²) in [6, 6.07) is 6.71. The minimum atomic E-state index is -0.750. The van der Waals surface area contributed by atoms with E-state index in [1.165, 1.54) is 14.2 Å². The van der Waals surface area contributed by atoms with Crippen LogP contribution in [0.15, 0.2) is 24.3 Å². The Bertz CT molecular complexity index is 1130. The Hall–Kier alpha value is -2.55. The summed E-state index contributed by atoms with van der Waals surface area (Å²) in [7, 11) is 2.59. The molecule has 0 saturated carbocycles. The van der Waals surface area contributed by atoms with E-state index in [1.807, 2.05) is 33.8 Å². The van der Waals surface area contributed by atoms with Gasteiger partial charge < -0.3 is 18.9 Å². The van der Waals surface area contributed by atoms with Gasteiger partial charge in [-0.2, -0.15) is 0 Å². The predicted octanol–water partition coefficient (Wildman–Crippen LogP) is 6.41. The van der Waals surface area contributed by atoms with Gasteiger partial charge >= 0.3 is 11.9 Å². The van der Waals surface area contributed by atoms with E-state index in [2.05, 4.69) is 9.97 Å². The number of hydrogen-bond acceptors (Lipinski definition) is 8. The third kappa shape index (κ3) is 8.25. The fraction of sp³-hybridized carbons (Fsp3) is 0.440. The molecule has 0 atom stereocenters. The fourth-order valence-corrected chi connectivity index (χ4v) is 3.05. The Labute approximate surface area is 225 Å². The summed E-state index contributed by atoms with van der Waals surface area (Å²) >= 11 is 14.4. The summed E-state index contributed by atoms with van der Waals surface area (Å²) in [5, 5.41) is 1.40. The molecule has 11 heteroatoms. The smallest absolute Gasteiger partial charge is 0.356 e. The van der Waals surface area contributed by atoms with E-state index in [1.54, 1.807) is 18.2 Å². The Morgan fingerprint density at radius 2 is 1.08 bits per heavy atom. The summed E-state index contributed by atoms with van der Waals surface area (Å²) in [4.78, 5) is 33.2. The molecule has 2 aromatic heterocycles. The van der Waals surface area contributed by atoms with Crippen molar-refractivity contribution in [1.29, 1.82) is 0 Å². The molecule has 8 nitrogen and oxygen atoms in total. The first kappa shape index (κ1) is 29.7. The lowest BCUT2D eigenvalue weighted by atomic mass is 10.1. The normalized spacial score (nSPS) is 11.0. The highest BCUT2D eigenvalue weighted by Gasteiger charge is 2.19. The molecular formula is C25H29Cl3N2O6. The number of carbonyl (C=O) groups excluding carboxylic acids is 2. The van der Waals surface area contributed by atoms with Crippen molar-refractivity contribution in [2.45, 2.75) is 32.0 Å². The molecule has 196 valence electrons. The van der Waals surface area contributed by atoms with Gasteiger partial charge in [-0.05, 0) is 24.0 Å². The molecule has 2 heterocycles. The molecule has 0 saturated heterocycles. The van der Waals surface area contributed by atoms with Crippen LogP contribution < -0.4 is 9.47 Å². The predicted molar refractivity (Wildman–Crippen MR) is 142 cm³/mol. The highest BCUT2D eigenvalue weighted by molar-refractivity contribution is 6.63. The third-order valence-electron chi connectivity index (χ3n) is 4.60. The van der Waals surface area contributed by atoms with Crippen molar-refractivity contribution in [1.82, 2.24) is 9.97 Å². The second-order valence-corrected chi connectivity index (χ2v) is 10.5. The lowest BCUT2D eigenvalue weighted by Gasteiger charge is -2.15. The number of pyridine rings is 2. The van der Waals surface area contributed by atoms with Crippen LogP contribution in [0.4, 0.5) is 0 Å². The first-order chi connectivity index (χ1) is 17.0. The summed E-state index contributed by atoms with van der Waals surface area (Å²) in [5.74, 6) is 0.455. The number of esters is 2. The lowest BCUT2D eigenvalue weighted by Crippen LogP contribution is -2.10. The van der Waals surface area contributed by atoms with Crippen LogP contribution >= 0.6 is 34.8 Å². The molecule has 0 spiro atoms. The van der Waals surface area contributed by atoms with E-state index in [9.17, 15) is 9.59 Å². The molecule has 3 rings (SSSR count). The van der Waals surface area contributed by atoms with Gasteiger partial charge in [0.15, 0.2) is 15.7 Å². The van der Waals surface area contributed by atoms with Gasteiger partial charge in [0.2, 0.25) is 0 Å². The molecule has 0 amide bonds. The van der Waals surface area contributed by atoms with Gasteiger partial charge in [-0.1, -0.05) is 62.5 Å². The number of aromatic nitrogens is 2. The van der Waals surface area contributed by atoms with E-state index in [-0.39, 0.29) is 23.2 Å². The molecule has 36 heavy (non-hydrogen) atoms. The summed E-state index contributed by atoms with van der Waals surface area (Å²) < 4.78 is 20.9. The molecular weight excluding hydrogens is 531 g/mol. The quantitative estimate of drug-likeness (QED) is 0.177. The molecule has 0 radical (unpaired) electrons. The second kappa shape index (κ2) is 13.7. The number of carbonyl (C=O) groups is 2. The molecule has 0 N–H and O–H groups in total. The van der Waals surface area contributed by atoms with Gasteiger partial charge in [0.25, 0.3) is 0 Å². The van der Waals surface area contributed by atoms with E-state index in [0.717, 1.165) is 0 Å². The zero-order chi connectivity index (χ0) is 27.0. The number of hydrogen-bond donors (Lipinski definition) is 0. The van der Waals surface area contributed by atoms with E-state index >= 15 is 0 Å². The second-order valence-electron chi connectivity index (χ2n) is 8.54. The van der Waals surface area contributed by atoms with Gasteiger partial charge in [-0.15, -0.1) is 0 Å². The van der Waals surface area contributed by atoms with Gasteiger partial charge in [0.05, 0.1) is 38.5 Å². The van der Waals surface area contributed by atoms with E-state index in [0.29, 0.717) is 46.5 Å². The Kier molecular flexibility index (Phi) is 11.3. The highest BCUT2D eigenvalue weighted by Crippen LogP contribution is 2.34. The highest BCUT2D eigenvalue weighted by atomic mass is 35.6. The minimum absolute atomic E-state index is 0.124. The minimum Gasteiger partial charge on any atom is -0.493 e. The van der Waals surface area contributed by atoms with Crippen molar-refractivity contribution in [3.63, 3.8) is 0 Å². The van der Waals surface area contributed by atoms with Crippen molar-refractivity contribution in [3.05, 3.63) is 35.7 Å². The number of alkyl halides is 3. The van der Waals surface area contributed by atoms with Crippen LogP contribution in [-0.4, -0.2) is 53.6 Å². The van der Waals surface area contributed by atoms with Crippen LogP contribution in [0.5, 0.6) is 11.5 Å². The van der Waals surface area contributed by atoms with Gasteiger partial charge in [0, 0.05) is 22.9 Å². The number of methoxy groups -OCH3 is 2. The van der Waals surface area contributed by atoms with Crippen molar-refractivity contribution < 1.29 is 28.5 Å². The van der Waals surface area contributed by atoms with E-state index in [4.69, 9.17) is 53.8 Å². The number of fused-ring (bicyclic) bond motifs is 2. The summed E-state index contributed by atoms with van der Waals surface area (Å²) in [5.41, 5.74) is 1.23. The fourth-order valence-electron chi connectivity index (χ4n) is 3.05. The molecule has 0 aliphatic heterocycles. The maximum Gasteiger partial charge on any atom is 0.356 e. The summed E-state index contributed by atoms with van der Waals surface area (Å²) in [6.07, 6.45) is 0. The van der Waals surface area contributed by atoms with Crippen LogP contribution in [-0.2, 0) is 9.47 Å². The number of halogens is 3. The molecule has 1 aromatic carbocycles. The SMILES string of the molecule is COC(=O)c1cc(OCC(C)C)c2cc3c(OCC(C)C)cc(C(=O)OC)nc3cc2n1.ClC(Cl)Cl. The molecule has 0 aliphatic rings. The zero-order valence-corrected chi connectivity index (χ0v) is 23.2. The number of benzene rings is 1. The van der Waals surface area contributed by atoms with Crippen molar-refractivity contribution in [3.8, 4) is 11.5 Å². The molecule has 0 unspecified atom stereocenters. The van der Waals surface area contributed by atoms with Crippen LogP contribution in [0.2, 0.25) is 0 Å². The number of rotatable bonds is 8. The van der Waals surface area contributed by atoms with Gasteiger partial charge in [0.1, 0.15) is 11.5 Å². The Morgan fingerprint density at radius 1 is 0.722 bits per heavy atom. The maximum absolute atomic E-state index is 12.2. The Morgan fingerprint density at radius 3 is 1.39 bits per heavy atom. The van der Waals surface area contributed by atoms with Crippen LogP contribution in [0.25, 0.3) is 21.8 Å². The largest absolute Gasteiger partial charge is 0.493 e. The van der Waals surface area contributed by atoms with Crippen LogP contribution in [0.1, 0.15) is 48.7 Å². The Balaban J connectivity index is 0.00000106. The van der Waals surface area contributed by atoms with E-state index < -0.39 is 16.2 Å². The zero-order valence-electron chi connectivity index (χ0n) is 20.9.